The molecular formula is C28H22FN3O3S. The van der Waals surface area contributed by atoms with E-state index >= 15 is 0 Å². The Morgan fingerprint density at radius 1 is 1.08 bits per heavy atom. The zero-order valence-electron chi connectivity index (χ0n) is 19.6. The Hall–Kier alpha value is -4.30. The summed E-state index contributed by atoms with van der Waals surface area (Å²) in [7, 11) is 1.58. The van der Waals surface area contributed by atoms with E-state index in [1.54, 1.807) is 56.5 Å². The van der Waals surface area contributed by atoms with Crippen molar-refractivity contribution >= 4 is 29.0 Å². The number of anilines is 1. The van der Waals surface area contributed by atoms with Crippen molar-refractivity contribution in [2.75, 3.05) is 12.4 Å². The molecular weight excluding hydrogens is 477 g/mol. The van der Waals surface area contributed by atoms with E-state index in [0.717, 1.165) is 5.56 Å². The highest BCUT2D eigenvalue weighted by Gasteiger charge is 2.32. The van der Waals surface area contributed by atoms with Gasteiger partial charge in [0.25, 0.3) is 11.5 Å². The van der Waals surface area contributed by atoms with Crippen LogP contribution >= 0.6 is 11.3 Å². The van der Waals surface area contributed by atoms with Crippen LogP contribution in [0.3, 0.4) is 0 Å². The van der Waals surface area contributed by atoms with E-state index in [9.17, 15) is 14.0 Å². The standard InChI is InChI=1S/C28H22FN3O3S/c1-17-24(26(33)31-21-9-4-3-5-10-21)25(19-11-13-22(35-2)14-12-19)32-27(34)23(36-28(32)30-17)16-18-7-6-8-20(29)15-18/h3-16,25H,1-2H3,(H,31,33)/b23-16-/t25-/m0/s1. The molecule has 0 spiro atoms. The number of carbonyl (C=O) groups excluding carboxylic acids is 1. The largest absolute Gasteiger partial charge is 0.497 e. The maximum absolute atomic E-state index is 13.7. The van der Waals surface area contributed by atoms with E-state index in [4.69, 9.17) is 4.74 Å². The Labute approximate surface area is 210 Å². The molecule has 0 unspecified atom stereocenters. The third-order valence-electron chi connectivity index (χ3n) is 5.88. The minimum absolute atomic E-state index is 0.304. The van der Waals surface area contributed by atoms with Crippen molar-refractivity contribution in [3.05, 3.63) is 127 Å². The molecule has 4 aromatic rings. The number of hydrogen-bond donors (Lipinski definition) is 1. The molecule has 6 nitrogen and oxygen atoms in total. The predicted molar refractivity (Wildman–Crippen MR) is 138 cm³/mol. The monoisotopic (exact) mass is 499 g/mol. The third kappa shape index (κ3) is 4.50. The molecule has 5 rings (SSSR count). The summed E-state index contributed by atoms with van der Waals surface area (Å²) in [5, 5.41) is 2.92. The molecule has 180 valence electrons. The van der Waals surface area contributed by atoms with Gasteiger partial charge in [-0.25, -0.2) is 9.38 Å². The van der Waals surface area contributed by atoms with Gasteiger partial charge >= 0.3 is 0 Å². The second kappa shape index (κ2) is 9.75. The quantitative estimate of drug-likeness (QED) is 0.451. The Morgan fingerprint density at radius 3 is 2.53 bits per heavy atom. The molecule has 8 heteroatoms. The summed E-state index contributed by atoms with van der Waals surface area (Å²) in [6, 6.07) is 21.7. The summed E-state index contributed by atoms with van der Waals surface area (Å²) < 4.78 is 21.0. The van der Waals surface area contributed by atoms with Gasteiger partial charge in [0, 0.05) is 5.69 Å². The number of halogens is 1. The van der Waals surface area contributed by atoms with Gasteiger partial charge < -0.3 is 10.1 Å². The van der Waals surface area contributed by atoms with Crippen LogP contribution < -0.4 is 24.9 Å². The van der Waals surface area contributed by atoms with Crippen LogP contribution in [0.2, 0.25) is 0 Å². The van der Waals surface area contributed by atoms with E-state index < -0.39 is 6.04 Å². The molecule has 1 N–H and O–H groups in total. The lowest BCUT2D eigenvalue weighted by Gasteiger charge is -2.25. The molecule has 0 bridgehead atoms. The van der Waals surface area contributed by atoms with Crippen LogP contribution in [0.5, 0.6) is 5.75 Å². The number of ether oxygens (including phenoxy) is 1. The number of benzene rings is 3. The molecule has 0 saturated heterocycles. The second-order valence-electron chi connectivity index (χ2n) is 8.23. The molecule has 1 aliphatic rings. The Morgan fingerprint density at radius 2 is 1.83 bits per heavy atom. The Balaban J connectivity index is 1.68. The van der Waals surface area contributed by atoms with Crippen LogP contribution in [0.15, 0.2) is 99.9 Å². The number of nitrogens with zero attached hydrogens (tertiary/aromatic N) is 2. The minimum atomic E-state index is -0.703. The highest BCUT2D eigenvalue weighted by molar-refractivity contribution is 7.07. The van der Waals surface area contributed by atoms with E-state index in [0.29, 0.717) is 37.6 Å². The van der Waals surface area contributed by atoms with Gasteiger partial charge in [0.15, 0.2) is 4.80 Å². The molecule has 1 atom stereocenters. The first-order valence-corrected chi connectivity index (χ1v) is 12.0. The lowest BCUT2D eigenvalue weighted by molar-refractivity contribution is -0.113. The first-order chi connectivity index (χ1) is 17.4. The van der Waals surface area contributed by atoms with Crippen molar-refractivity contribution in [2.45, 2.75) is 13.0 Å². The zero-order chi connectivity index (χ0) is 25.2. The molecule has 0 radical (unpaired) electrons. The summed E-state index contributed by atoms with van der Waals surface area (Å²) in [5.41, 5.74) is 2.53. The number of nitrogens with one attached hydrogen (secondary N) is 1. The van der Waals surface area contributed by atoms with E-state index in [1.807, 2.05) is 30.3 Å². The van der Waals surface area contributed by atoms with Crippen LogP contribution in [0, 0.1) is 5.82 Å². The predicted octanol–water partition coefficient (Wildman–Crippen LogP) is 4.02. The summed E-state index contributed by atoms with van der Waals surface area (Å²) in [6.07, 6.45) is 1.64. The lowest BCUT2D eigenvalue weighted by atomic mass is 9.95. The average molecular weight is 500 g/mol. The minimum Gasteiger partial charge on any atom is -0.497 e. The zero-order valence-corrected chi connectivity index (χ0v) is 20.4. The fraction of sp³-hybridized carbons (Fsp3) is 0.107. The Kier molecular flexibility index (Phi) is 6.35. The lowest BCUT2D eigenvalue weighted by Crippen LogP contribution is -2.40. The first kappa shape index (κ1) is 23.4. The van der Waals surface area contributed by atoms with Crippen LogP contribution in [-0.4, -0.2) is 17.6 Å². The molecule has 0 saturated carbocycles. The maximum Gasteiger partial charge on any atom is 0.271 e. The van der Waals surface area contributed by atoms with Gasteiger partial charge in [-0.1, -0.05) is 53.8 Å². The second-order valence-corrected chi connectivity index (χ2v) is 9.24. The maximum atomic E-state index is 13.7. The van der Waals surface area contributed by atoms with E-state index in [1.165, 1.54) is 28.0 Å². The van der Waals surface area contributed by atoms with Crippen LogP contribution in [0.4, 0.5) is 10.1 Å². The van der Waals surface area contributed by atoms with Crippen molar-refractivity contribution in [3.8, 4) is 5.75 Å². The summed E-state index contributed by atoms with van der Waals surface area (Å²) in [5.74, 6) is -0.0701. The van der Waals surface area contributed by atoms with Crippen molar-refractivity contribution in [2.24, 2.45) is 4.99 Å². The average Bonchev–Trinajstić information content (AvgIpc) is 3.18. The summed E-state index contributed by atoms with van der Waals surface area (Å²) in [4.78, 5) is 32.3. The molecule has 0 aliphatic carbocycles. The highest BCUT2D eigenvalue weighted by atomic mass is 32.1. The van der Waals surface area contributed by atoms with Crippen LogP contribution in [0.25, 0.3) is 6.08 Å². The van der Waals surface area contributed by atoms with E-state index in [2.05, 4.69) is 10.3 Å². The summed E-state index contributed by atoms with van der Waals surface area (Å²) >= 11 is 1.21. The van der Waals surface area contributed by atoms with Gasteiger partial charge in [0.05, 0.1) is 29.0 Å². The molecule has 1 aromatic heterocycles. The molecule has 3 aromatic carbocycles. The summed E-state index contributed by atoms with van der Waals surface area (Å²) in [6.45, 7) is 1.76. The smallest absolute Gasteiger partial charge is 0.271 e. The number of hydrogen-bond acceptors (Lipinski definition) is 5. The Bertz CT molecular complexity index is 1650. The van der Waals surface area contributed by atoms with Crippen molar-refractivity contribution in [1.82, 2.24) is 4.57 Å². The van der Waals surface area contributed by atoms with Gasteiger partial charge in [-0.2, -0.15) is 0 Å². The fourth-order valence-electron chi connectivity index (χ4n) is 4.18. The molecule has 1 amide bonds. The number of para-hydroxylation sites is 1. The number of aromatic nitrogens is 1. The normalized spacial score (nSPS) is 15.3. The van der Waals surface area contributed by atoms with Crippen molar-refractivity contribution in [1.29, 1.82) is 0 Å². The number of fused-ring (bicyclic) bond motifs is 1. The molecule has 36 heavy (non-hydrogen) atoms. The number of methoxy groups -OCH3 is 1. The van der Waals surface area contributed by atoms with Crippen LogP contribution in [-0.2, 0) is 4.79 Å². The van der Waals surface area contributed by atoms with Gasteiger partial charge in [-0.15, -0.1) is 0 Å². The molecule has 2 heterocycles. The van der Waals surface area contributed by atoms with Crippen molar-refractivity contribution < 1.29 is 13.9 Å². The number of amides is 1. The topological polar surface area (TPSA) is 72.7 Å². The van der Waals surface area contributed by atoms with Gasteiger partial charge in [-0.05, 0) is 60.5 Å². The van der Waals surface area contributed by atoms with Crippen molar-refractivity contribution in [3.63, 3.8) is 0 Å². The first-order valence-electron chi connectivity index (χ1n) is 11.2. The van der Waals surface area contributed by atoms with E-state index in [-0.39, 0.29) is 17.3 Å². The number of rotatable bonds is 5. The van der Waals surface area contributed by atoms with Gasteiger partial charge in [-0.3, -0.25) is 14.2 Å². The highest BCUT2D eigenvalue weighted by Crippen LogP contribution is 2.31. The number of thiazole rings is 1. The van der Waals surface area contributed by atoms with Gasteiger partial charge in [0.1, 0.15) is 11.6 Å². The fourth-order valence-corrected chi connectivity index (χ4v) is 5.23. The third-order valence-corrected chi connectivity index (χ3v) is 6.86. The SMILES string of the molecule is COc1ccc([C@H]2C(C(=O)Nc3ccccc3)=C(C)N=c3s/c(=C\c4cccc(F)c4)c(=O)n32)cc1. The van der Waals surface area contributed by atoms with Crippen LogP contribution in [0.1, 0.15) is 24.1 Å². The number of allylic oxidation sites excluding steroid dienone is 1. The number of carbonyl (C=O) groups is 1. The van der Waals surface area contributed by atoms with Gasteiger partial charge in [0.2, 0.25) is 0 Å². The molecule has 0 fully saturated rings. The molecule has 1 aliphatic heterocycles.